The molecule has 2 aliphatic rings. The van der Waals surface area contributed by atoms with E-state index >= 15 is 0 Å². The van der Waals surface area contributed by atoms with Gasteiger partial charge in [-0.05, 0) is 37.5 Å². The van der Waals surface area contributed by atoms with Gasteiger partial charge in [0.1, 0.15) is 0 Å². The molecule has 3 rings (SSSR count). The Kier molecular flexibility index (Phi) is 6.57. The van der Waals surface area contributed by atoms with Crippen LogP contribution in [0.1, 0.15) is 31.7 Å². The molecular formula is C20H31NO4. The lowest BCUT2D eigenvalue weighted by atomic mass is 9.93. The standard InChI is InChI=1S/C20H31NO4/c1-4-25-20-12-15(8-9-19(20)23-3)13-21-10-11-24-14-17(21)16-6-5-7-18(16)22-2/h8-9,12,16-18H,4-7,10-11,13-14H2,1-3H3/t16-,17-,18+/m1/s1. The molecule has 25 heavy (non-hydrogen) atoms. The zero-order chi connectivity index (χ0) is 17.6. The Morgan fingerprint density at radius 2 is 2.08 bits per heavy atom. The summed E-state index contributed by atoms with van der Waals surface area (Å²) in [6.45, 7) is 6.11. The topological polar surface area (TPSA) is 40.2 Å². The van der Waals surface area contributed by atoms with E-state index in [-0.39, 0.29) is 0 Å². The summed E-state index contributed by atoms with van der Waals surface area (Å²) in [6, 6.07) is 6.68. The molecule has 5 nitrogen and oxygen atoms in total. The largest absolute Gasteiger partial charge is 0.493 e. The fraction of sp³-hybridized carbons (Fsp3) is 0.700. The average molecular weight is 349 g/mol. The molecule has 0 amide bonds. The summed E-state index contributed by atoms with van der Waals surface area (Å²) in [5, 5.41) is 0. The molecule has 0 spiro atoms. The van der Waals surface area contributed by atoms with Crippen LogP contribution in [-0.2, 0) is 16.0 Å². The van der Waals surface area contributed by atoms with Crippen LogP contribution < -0.4 is 9.47 Å². The Morgan fingerprint density at radius 1 is 1.20 bits per heavy atom. The first-order valence-electron chi connectivity index (χ1n) is 9.41. The van der Waals surface area contributed by atoms with Crippen molar-refractivity contribution < 1.29 is 18.9 Å². The highest BCUT2D eigenvalue weighted by atomic mass is 16.5. The maximum atomic E-state index is 5.81. The first-order valence-corrected chi connectivity index (χ1v) is 9.41. The molecule has 1 aliphatic carbocycles. The van der Waals surface area contributed by atoms with E-state index in [4.69, 9.17) is 18.9 Å². The second-order valence-electron chi connectivity index (χ2n) is 6.90. The summed E-state index contributed by atoms with van der Waals surface area (Å²) < 4.78 is 22.7. The van der Waals surface area contributed by atoms with Crippen molar-refractivity contribution in [1.82, 2.24) is 4.90 Å². The van der Waals surface area contributed by atoms with Gasteiger partial charge in [0.05, 0.1) is 33.0 Å². The van der Waals surface area contributed by atoms with Crippen molar-refractivity contribution in [3.8, 4) is 11.5 Å². The zero-order valence-electron chi connectivity index (χ0n) is 15.7. The number of nitrogens with zero attached hydrogens (tertiary/aromatic N) is 1. The number of hydrogen-bond donors (Lipinski definition) is 0. The van der Waals surface area contributed by atoms with Crippen LogP contribution in [-0.4, -0.2) is 57.6 Å². The molecule has 0 radical (unpaired) electrons. The zero-order valence-corrected chi connectivity index (χ0v) is 15.7. The Labute approximate surface area is 151 Å². The number of ether oxygens (including phenoxy) is 4. The van der Waals surface area contributed by atoms with E-state index in [1.165, 1.54) is 24.8 Å². The summed E-state index contributed by atoms with van der Waals surface area (Å²) in [7, 11) is 3.52. The predicted molar refractivity (Wildman–Crippen MR) is 97.3 cm³/mol. The van der Waals surface area contributed by atoms with Crippen LogP contribution >= 0.6 is 0 Å². The number of benzene rings is 1. The molecule has 0 aromatic heterocycles. The van der Waals surface area contributed by atoms with Gasteiger partial charge in [0, 0.05) is 32.2 Å². The molecule has 1 heterocycles. The number of morpholine rings is 1. The lowest BCUT2D eigenvalue weighted by Crippen LogP contribution is -2.50. The molecule has 0 bridgehead atoms. The summed E-state index contributed by atoms with van der Waals surface area (Å²) in [4.78, 5) is 2.56. The van der Waals surface area contributed by atoms with Gasteiger partial charge in [-0.15, -0.1) is 0 Å². The highest BCUT2D eigenvalue weighted by Gasteiger charge is 2.38. The molecule has 0 unspecified atom stereocenters. The van der Waals surface area contributed by atoms with E-state index in [0.29, 0.717) is 24.7 Å². The van der Waals surface area contributed by atoms with Crippen molar-refractivity contribution >= 4 is 0 Å². The van der Waals surface area contributed by atoms with Crippen molar-refractivity contribution in [2.45, 2.75) is 44.9 Å². The Morgan fingerprint density at radius 3 is 2.84 bits per heavy atom. The molecule has 5 heteroatoms. The van der Waals surface area contributed by atoms with Crippen LogP contribution in [0.5, 0.6) is 11.5 Å². The molecule has 1 aromatic carbocycles. The highest BCUT2D eigenvalue weighted by Crippen LogP contribution is 2.35. The van der Waals surface area contributed by atoms with Crippen molar-refractivity contribution in [1.29, 1.82) is 0 Å². The molecule has 3 atom stereocenters. The lowest BCUT2D eigenvalue weighted by Gasteiger charge is -2.40. The quantitative estimate of drug-likeness (QED) is 0.756. The monoisotopic (exact) mass is 349 g/mol. The smallest absolute Gasteiger partial charge is 0.161 e. The fourth-order valence-electron chi connectivity index (χ4n) is 4.26. The van der Waals surface area contributed by atoms with Gasteiger partial charge in [-0.2, -0.15) is 0 Å². The third-order valence-electron chi connectivity index (χ3n) is 5.49. The van der Waals surface area contributed by atoms with Gasteiger partial charge in [-0.25, -0.2) is 0 Å². The van der Waals surface area contributed by atoms with E-state index in [9.17, 15) is 0 Å². The average Bonchev–Trinajstić information content (AvgIpc) is 3.11. The lowest BCUT2D eigenvalue weighted by molar-refractivity contribution is -0.0608. The van der Waals surface area contributed by atoms with E-state index in [1.807, 2.05) is 20.1 Å². The summed E-state index contributed by atoms with van der Waals surface area (Å²) in [5.41, 5.74) is 1.25. The van der Waals surface area contributed by atoms with Crippen LogP contribution in [0.4, 0.5) is 0 Å². The summed E-state index contributed by atoms with van der Waals surface area (Å²) in [5.74, 6) is 2.18. The second-order valence-corrected chi connectivity index (χ2v) is 6.90. The van der Waals surface area contributed by atoms with Gasteiger partial charge in [0.15, 0.2) is 11.5 Å². The predicted octanol–water partition coefficient (Wildman–Crippen LogP) is 3.11. The SMILES string of the molecule is CCOc1cc(CN2CCOC[C@@H]2[C@H]2CCC[C@@H]2OC)ccc1OC. The normalized spacial score (nSPS) is 27.4. The van der Waals surface area contributed by atoms with Crippen molar-refractivity contribution in [3.05, 3.63) is 23.8 Å². The molecule has 1 saturated carbocycles. The number of methoxy groups -OCH3 is 2. The first-order chi connectivity index (χ1) is 12.3. The van der Waals surface area contributed by atoms with E-state index in [0.717, 1.165) is 37.8 Å². The third-order valence-corrected chi connectivity index (χ3v) is 5.49. The van der Waals surface area contributed by atoms with E-state index in [2.05, 4.69) is 17.0 Å². The van der Waals surface area contributed by atoms with Crippen molar-refractivity contribution in [2.75, 3.05) is 40.6 Å². The van der Waals surface area contributed by atoms with E-state index in [1.54, 1.807) is 7.11 Å². The Balaban J connectivity index is 1.74. The van der Waals surface area contributed by atoms with Crippen molar-refractivity contribution in [3.63, 3.8) is 0 Å². The molecule has 1 aromatic rings. The van der Waals surface area contributed by atoms with Crippen LogP contribution in [0.25, 0.3) is 0 Å². The fourth-order valence-corrected chi connectivity index (χ4v) is 4.26. The summed E-state index contributed by atoms with van der Waals surface area (Å²) >= 11 is 0. The maximum absolute atomic E-state index is 5.81. The van der Waals surface area contributed by atoms with Crippen molar-refractivity contribution in [2.24, 2.45) is 5.92 Å². The van der Waals surface area contributed by atoms with Crippen LogP contribution in [0, 0.1) is 5.92 Å². The molecular weight excluding hydrogens is 318 g/mol. The molecule has 2 fully saturated rings. The van der Waals surface area contributed by atoms with Gasteiger partial charge in [-0.3, -0.25) is 4.90 Å². The maximum Gasteiger partial charge on any atom is 0.161 e. The molecule has 1 aliphatic heterocycles. The van der Waals surface area contributed by atoms with Gasteiger partial charge in [0.25, 0.3) is 0 Å². The van der Waals surface area contributed by atoms with Crippen LogP contribution in [0.15, 0.2) is 18.2 Å². The molecule has 0 N–H and O–H groups in total. The third kappa shape index (κ3) is 4.27. The minimum atomic E-state index is 0.365. The highest BCUT2D eigenvalue weighted by molar-refractivity contribution is 5.43. The summed E-state index contributed by atoms with van der Waals surface area (Å²) in [6.07, 6.45) is 4.02. The van der Waals surface area contributed by atoms with Gasteiger partial charge in [-0.1, -0.05) is 12.5 Å². The second kappa shape index (κ2) is 8.88. The van der Waals surface area contributed by atoms with Gasteiger partial charge < -0.3 is 18.9 Å². The Bertz CT molecular complexity index is 550. The minimum absolute atomic E-state index is 0.365. The Hall–Kier alpha value is -1.30. The van der Waals surface area contributed by atoms with Gasteiger partial charge >= 0.3 is 0 Å². The first kappa shape index (κ1) is 18.5. The van der Waals surface area contributed by atoms with Crippen LogP contribution in [0.3, 0.4) is 0 Å². The van der Waals surface area contributed by atoms with E-state index < -0.39 is 0 Å². The minimum Gasteiger partial charge on any atom is -0.493 e. The van der Waals surface area contributed by atoms with Crippen LogP contribution in [0.2, 0.25) is 0 Å². The number of rotatable bonds is 7. The molecule has 1 saturated heterocycles. The number of hydrogen-bond acceptors (Lipinski definition) is 5. The molecule has 140 valence electrons. The van der Waals surface area contributed by atoms with Gasteiger partial charge in [0.2, 0.25) is 0 Å².